The summed E-state index contributed by atoms with van der Waals surface area (Å²) in [5, 5.41) is 0. The number of hydrogen-bond acceptors (Lipinski definition) is 4. The predicted octanol–water partition coefficient (Wildman–Crippen LogP) is 2.20. The molecule has 0 bridgehead atoms. The average molecular weight is 309 g/mol. The Kier molecular flexibility index (Phi) is 4.59. The summed E-state index contributed by atoms with van der Waals surface area (Å²) < 4.78 is 29.9. The molecule has 2 aliphatic rings. The molecule has 0 N–H and O–H groups in total. The topological polar surface area (TPSA) is 48.0 Å². The van der Waals surface area contributed by atoms with E-state index in [1.165, 1.54) is 25.3 Å². The van der Waals surface area contributed by atoms with Gasteiger partial charge in [0.15, 0.2) is 6.29 Å². The van der Waals surface area contributed by atoms with Gasteiger partial charge in [0.25, 0.3) is 5.91 Å². The first-order valence-corrected chi connectivity index (χ1v) is 7.58. The second-order valence-electron chi connectivity index (χ2n) is 5.52. The first kappa shape index (κ1) is 15.2. The average Bonchev–Trinajstić information content (AvgIpc) is 3.08. The first-order chi connectivity index (χ1) is 10.7. The minimum Gasteiger partial charge on any atom is -0.496 e. The Bertz CT molecular complexity index is 545. The molecular weight excluding hydrogens is 289 g/mol. The van der Waals surface area contributed by atoms with Gasteiger partial charge in [-0.1, -0.05) is 0 Å². The highest BCUT2D eigenvalue weighted by Crippen LogP contribution is 2.28. The van der Waals surface area contributed by atoms with Crippen LogP contribution in [0.4, 0.5) is 4.39 Å². The van der Waals surface area contributed by atoms with Gasteiger partial charge in [-0.05, 0) is 37.5 Å². The van der Waals surface area contributed by atoms with Crippen LogP contribution < -0.4 is 4.74 Å². The smallest absolute Gasteiger partial charge is 0.258 e. The van der Waals surface area contributed by atoms with Crippen molar-refractivity contribution in [2.45, 2.75) is 31.6 Å². The predicted molar refractivity (Wildman–Crippen MR) is 77.3 cm³/mol. The summed E-state index contributed by atoms with van der Waals surface area (Å²) in [6.45, 7) is 1.71. The fourth-order valence-electron chi connectivity index (χ4n) is 3.09. The van der Waals surface area contributed by atoms with Crippen LogP contribution in [0.5, 0.6) is 5.75 Å². The van der Waals surface area contributed by atoms with E-state index in [-0.39, 0.29) is 23.8 Å². The van der Waals surface area contributed by atoms with Gasteiger partial charge < -0.3 is 19.1 Å². The number of carbonyl (C=O) groups is 1. The van der Waals surface area contributed by atoms with E-state index >= 15 is 0 Å². The Morgan fingerprint density at radius 1 is 1.32 bits per heavy atom. The van der Waals surface area contributed by atoms with Crippen LogP contribution in [0, 0.1) is 5.82 Å². The number of piperidine rings is 1. The zero-order chi connectivity index (χ0) is 15.5. The third-order valence-electron chi connectivity index (χ3n) is 4.16. The molecule has 0 aromatic heterocycles. The summed E-state index contributed by atoms with van der Waals surface area (Å²) in [7, 11) is 1.47. The van der Waals surface area contributed by atoms with Gasteiger partial charge in [0.05, 0.1) is 31.9 Å². The molecule has 0 spiro atoms. The van der Waals surface area contributed by atoms with Gasteiger partial charge in [0.2, 0.25) is 0 Å². The van der Waals surface area contributed by atoms with Crippen LogP contribution >= 0.6 is 0 Å². The molecular formula is C16H20FNO4. The van der Waals surface area contributed by atoms with Crippen molar-refractivity contribution in [1.82, 2.24) is 4.90 Å². The largest absolute Gasteiger partial charge is 0.496 e. The third-order valence-corrected chi connectivity index (χ3v) is 4.16. The molecule has 6 heteroatoms. The van der Waals surface area contributed by atoms with Crippen LogP contribution in [-0.2, 0) is 9.47 Å². The molecule has 0 aliphatic carbocycles. The molecule has 1 unspecified atom stereocenters. The Labute approximate surface area is 128 Å². The molecule has 0 radical (unpaired) electrons. The van der Waals surface area contributed by atoms with E-state index in [4.69, 9.17) is 14.2 Å². The highest BCUT2D eigenvalue weighted by molar-refractivity contribution is 5.97. The monoisotopic (exact) mass is 309 g/mol. The van der Waals surface area contributed by atoms with Crippen molar-refractivity contribution in [2.24, 2.45) is 0 Å². The van der Waals surface area contributed by atoms with E-state index in [2.05, 4.69) is 0 Å². The summed E-state index contributed by atoms with van der Waals surface area (Å²) in [6, 6.07) is 3.86. The van der Waals surface area contributed by atoms with Crippen molar-refractivity contribution < 1.29 is 23.4 Å². The van der Waals surface area contributed by atoms with E-state index in [1.54, 1.807) is 4.90 Å². The Morgan fingerprint density at radius 3 is 2.82 bits per heavy atom. The van der Waals surface area contributed by atoms with E-state index < -0.39 is 5.82 Å². The van der Waals surface area contributed by atoms with Gasteiger partial charge in [-0.3, -0.25) is 4.79 Å². The zero-order valence-electron chi connectivity index (χ0n) is 12.6. The van der Waals surface area contributed by atoms with Gasteiger partial charge in [-0.2, -0.15) is 0 Å². The highest BCUT2D eigenvalue weighted by Gasteiger charge is 2.37. The molecule has 5 nitrogen and oxygen atoms in total. The lowest BCUT2D eigenvalue weighted by molar-refractivity contribution is -0.100. The molecule has 2 saturated heterocycles. The number of carbonyl (C=O) groups excluding carboxylic acids is 1. The molecule has 1 aromatic rings. The van der Waals surface area contributed by atoms with Crippen molar-refractivity contribution >= 4 is 5.91 Å². The molecule has 120 valence electrons. The second kappa shape index (κ2) is 6.62. The fourth-order valence-corrected chi connectivity index (χ4v) is 3.09. The van der Waals surface area contributed by atoms with Crippen LogP contribution in [0.1, 0.15) is 29.6 Å². The quantitative estimate of drug-likeness (QED) is 0.859. The summed E-state index contributed by atoms with van der Waals surface area (Å²) in [5.74, 6) is -0.310. The Morgan fingerprint density at radius 2 is 2.09 bits per heavy atom. The van der Waals surface area contributed by atoms with Crippen molar-refractivity contribution in [3.05, 3.63) is 29.6 Å². The maximum absolute atomic E-state index is 13.5. The van der Waals surface area contributed by atoms with Crippen molar-refractivity contribution in [3.8, 4) is 5.75 Å². The maximum Gasteiger partial charge on any atom is 0.258 e. The molecule has 1 amide bonds. The SMILES string of the molecule is COc1ccc(F)cc1C(=O)N1CCCCC1C1OCCO1. The Hall–Kier alpha value is -1.66. The molecule has 0 saturated carbocycles. The number of amides is 1. The van der Waals surface area contributed by atoms with Crippen LogP contribution in [0.25, 0.3) is 0 Å². The zero-order valence-corrected chi connectivity index (χ0v) is 12.6. The summed E-state index contributed by atoms with van der Waals surface area (Å²) in [4.78, 5) is 14.6. The molecule has 2 heterocycles. The first-order valence-electron chi connectivity index (χ1n) is 7.58. The minimum absolute atomic E-state index is 0.128. The summed E-state index contributed by atoms with van der Waals surface area (Å²) in [5.41, 5.74) is 0.243. The number of methoxy groups -OCH3 is 1. The number of hydrogen-bond donors (Lipinski definition) is 0. The number of nitrogens with zero attached hydrogens (tertiary/aromatic N) is 1. The summed E-state index contributed by atoms with van der Waals surface area (Å²) in [6.07, 6.45) is 2.39. The van der Waals surface area contributed by atoms with Crippen LogP contribution in [0.3, 0.4) is 0 Å². The summed E-state index contributed by atoms with van der Waals surface area (Å²) >= 11 is 0. The number of halogens is 1. The molecule has 3 rings (SSSR count). The van der Waals surface area contributed by atoms with Crippen molar-refractivity contribution in [2.75, 3.05) is 26.9 Å². The Balaban J connectivity index is 1.87. The maximum atomic E-state index is 13.5. The van der Waals surface area contributed by atoms with Crippen LogP contribution in [0.2, 0.25) is 0 Å². The van der Waals surface area contributed by atoms with E-state index in [1.807, 2.05) is 0 Å². The minimum atomic E-state index is -0.453. The van der Waals surface area contributed by atoms with Gasteiger partial charge >= 0.3 is 0 Å². The lowest BCUT2D eigenvalue weighted by atomic mass is 10.00. The highest BCUT2D eigenvalue weighted by atomic mass is 19.1. The number of rotatable bonds is 3. The molecule has 2 fully saturated rings. The lowest BCUT2D eigenvalue weighted by Gasteiger charge is -2.38. The number of likely N-dealkylation sites (tertiary alicyclic amines) is 1. The molecule has 1 atom stereocenters. The second-order valence-corrected chi connectivity index (χ2v) is 5.52. The van der Waals surface area contributed by atoms with E-state index in [0.29, 0.717) is 25.5 Å². The van der Waals surface area contributed by atoms with E-state index in [0.717, 1.165) is 19.3 Å². The van der Waals surface area contributed by atoms with Crippen molar-refractivity contribution in [1.29, 1.82) is 0 Å². The molecule has 22 heavy (non-hydrogen) atoms. The standard InChI is InChI=1S/C16H20FNO4/c1-20-14-6-5-11(17)10-12(14)15(19)18-7-3-2-4-13(18)16-21-8-9-22-16/h5-6,10,13,16H,2-4,7-9H2,1H3. The normalized spacial score (nSPS) is 22.8. The van der Waals surface area contributed by atoms with Crippen LogP contribution in [0.15, 0.2) is 18.2 Å². The molecule has 2 aliphatic heterocycles. The lowest BCUT2D eigenvalue weighted by Crippen LogP contribution is -2.50. The van der Waals surface area contributed by atoms with Crippen LogP contribution in [-0.4, -0.2) is 50.0 Å². The van der Waals surface area contributed by atoms with Gasteiger partial charge in [0, 0.05) is 6.54 Å². The number of benzene rings is 1. The van der Waals surface area contributed by atoms with Gasteiger partial charge in [-0.25, -0.2) is 4.39 Å². The van der Waals surface area contributed by atoms with E-state index in [9.17, 15) is 9.18 Å². The number of ether oxygens (including phenoxy) is 3. The molecule has 1 aromatic carbocycles. The van der Waals surface area contributed by atoms with Gasteiger partial charge in [-0.15, -0.1) is 0 Å². The third kappa shape index (κ3) is 2.94. The van der Waals surface area contributed by atoms with Crippen molar-refractivity contribution in [3.63, 3.8) is 0 Å². The fraction of sp³-hybridized carbons (Fsp3) is 0.562. The van der Waals surface area contributed by atoms with Gasteiger partial charge in [0.1, 0.15) is 11.6 Å².